The highest BCUT2D eigenvalue weighted by Crippen LogP contribution is 2.33. The molecule has 1 aliphatic rings. The third-order valence-electron chi connectivity index (χ3n) is 5.07. The van der Waals surface area contributed by atoms with Crippen molar-refractivity contribution in [2.75, 3.05) is 31.1 Å². The number of rotatable bonds is 3. The fourth-order valence-corrected chi connectivity index (χ4v) is 4.64. The molecule has 0 radical (unpaired) electrons. The van der Waals surface area contributed by atoms with Crippen LogP contribution >= 0.6 is 11.3 Å². The molecule has 0 saturated carbocycles. The van der Waals surface area contributed by atoms with Gasteiger partial charge in [0.2, 0.25) is 0 Å². The Morgan fingerprint density at radius 3 is 2.78 bits per heavy atom. The van der Waals surface area contributed by atoms with Crippen LogP contribution in [0.25, 0.3) is 10.2 Å². The van der Waals surface area contributed by atoms with E-state index in [4.69, 9.17) is 4.98 Å². The van der Waals surface area contributed by atoms with Gasteiger partial charge in [-0.2, -0.15) is 5.10 Å². The Kier molecular flexibility index (Phi) is 4.86. The Balaban J connectivity index is 1.52. The molecule has 6 nitrogen and oxygen atoms in total. The smallest absolute Gasteiger partial charge is 0.257 e. The number of anilines is 1. The summed E-state index contributed by atoms with van der Waals surface area (Å²) in [5.74, 6) is 0.525. The molecule has 7 heteroatoms. The van der Waals surface area contributed by atoms with Gasteiger partial charge >= 0.3 is 0 Å². The van der Waals surface area contributed by atoms with E-state index >= 15 is 0 Å². The minimum Gasteiger partial charge on any atom is -0.346 e. The minimum atomic E-state index is 0.0661. The Bertz CT molecular complexity index is 960. The topological polar surface area (TPSA) is 54.3 Å². The summed E-state index contributed by atoms with van der Waals surface area (Å²) in [5, 5.41) is 5.18. The fourth-order valence-electron chi connectivity index (χ4n) is 3.59. The first-order valence-corrected chi connectivity index (χ1v) is 10.3. The maximum absolute atomic E-state index is 12.7. The van der Waals surface area contributed by atoms with Gasteiger partial charge in [-0.25, -0.2) is 4.98 Å². The largest absolute Gasteiger partial charge is 0.346 e. The lowest BCUT2D eigenvalue weighted by atomic mass is 10.0. The summed E-state index contributed by atoms with van der Waals surface area (Å²) >= 11 is 1.75. The minimum absolute atomic E-state index is 0.0661. The fraction of sp³-hybridized carbons (Fsp3) is 0.450. The standard InChI is InChI=1S/C20H25N5OS/c1-14(2)16-6-4-7-17-18(16)22-20(27-17)25-9-5-8-24(10-11-25)19(26)15-12-21-23(3)13-15/h4,6-7,12-14H,5,8-11H2,1-3H3. The van der Waals surface area contributed by atoms with Crippen LogP contribution in [0.2, 0.25) is 0 Å². The third-order valence-corrected chi connectivity index (χ3v) is 6.15. The van der Waals surface area contributed by atoms with E-state index in [9.17, 15) is 4.79 Å². The van der Waals surface area contributed by atoms with Crippen molar-refractivity contribution in [2.45, 2.75) is 26.2 Å². The van der Waals surface area contributed by atoms with E-state index in [0.29, 0.717) is 18.0 Å². The lowest BCUT2D eigenvalue weighted by Crippen LogP contribution is -2.35. The highest BCUT2D eigenvalue weighted by molar-refractivity contribution is 7.22. The van der Waals surface area contributed by atoms with E-state index in [0.717, 1.165) is 36.7 Å². The Labute approximate surface area is 163 Å². The third kappa shape index (κ3) is 3.56. The van der Waals surface area contributed by atoms with Crippen LogP contribution in [-0.4, -0.2) is 51.8 Å². The van der Waals surface area contributed by atoms with E-state index in [1.54, 1.807) is 28.4 Å². The first kappa shape index (κ1) is 18.0. The van der Waals surface area contributed by atoms with E-state index in [1.807, 2.05) is 11.9 Å². The Morgan fingerprint density at radius 1 is 1.19 bits per heavy atom. The molecule has 3 aromatic rings. The number of thiazole rings is 1. The summed E-state index contributed by atoms with van der Waals surface area (Å²) in [7, 11) is 1.83. The van der Waals surface area contributed by atoms with E-state index in [2.05, 4.69) is 42.0 Å². The first-order chi connectivity index (χ1) is 13.0. The van der Waals surface area contributed by atoms with Crippen LogP contribution in [0.3, 0.4) is 0 Å². The lowest BCUT2D eigenvalue weighted by Gasteiger charge is -2.21. The SMILES string of the molecule is CC(C)c1cccc2sc(N3CCCN(C(=O)c4cnn(C)c4)CC3)nc12. The van der Waals surface area contributed by atoms with Crippen molar-refractivity contribution in [3.63, 3.8) is 0 Å². The molecule has 27 heavy (non-hydrogen) atoms. The summed E-state index contributed by atoms with van der Waals surface area (Å²) in [5.41, 5.74) is 3.09. The molecule has 0 spiro atoms. The van der Waals surface area contributed by atoms with Gasteiger partial charge in [-0.1, -0.05) is 37.3 Å². The maximum atomic E-state index is 12.7. The number of fused-ring (bicyclic) bond motifs is 1. The normalized spacial score (nSPS) is 15.6. The van der Waals surface area contributed by atoms with Gasteiger partial charge in [0.05, 0.1) is 22.0 Å². The second kappa shape index (κ2) is 7.31. The highest BCUT2D eigenvalue weighted by Gasteiger charge is 2.23. The van der Waals surface area contributed by atoms with Crippen LogP contribution in [0.5, 0.6) is 0 Å². The predicted molar refractivity (Wildman–Crippen MR) is 110 cm³/mol. The second-order valence-electron chi connectivity index (χ2n) is 7.38. The quantitative estimate of drug-likeness (QED) is 0.695. The predicted octanol–water partition coefficient (Wildman–Crippen LogP) is 3.51. The van der Waals surface area contributed by atoms with Crippen LogP contribution < -0.4 is 4.90 Å². The van der Waals surface area contributed by atoms with E-state index in [-0.39, 0.29) is 5.91 Å². The van der Waals surface area contributed by atoms with Crippen LogP contribution in [-0.2, 0) is 7.05 Å². The van der Waals surface area contributed by atoms with Crippen molar-refractivity contribution in [3.8, 4) is 0 Å². The second-order valence-corrected chi connectivity index (χ2v) is 8.39. The molecule has 0 aliphatic carbocycles. The Hall–Kier alpha value is -2.41. The molecule has 1 fully saturated rings. The molecule has 0 N–H and O–H groups in total. The van der Waals surface area contributed by atoms with Gasteiger partial charge in [-0.3, -0.25) is 9.48 Å². The summed E-state index contributed by atoms with van der Waals surface area (Å²) in [6.45, 7) is 7.63. The molecule has 1 amide bonds. The number of amides is 1. The van der Waals surface area contributed by atoms with Crippen molar-refractivity contribution in [2.24, 2.45) is 7.05 Å². The summed E-state index contributed by atoms with van der Waals surface area (Å²) < 4.78 is 2.91. The molecule has 0 unspecified atom stereocenters. The molecule has 142 valence electrons. The number of hydrogen-bond acceptors (Lipinski definition) is 5. The van der Waals surface area contributed by atoms with Gasteiger partial charge < -0.3 is 9.80 Å². The molecule has 0 bridgehead atoms. The number of carbonyl (C=O) groups is 1. The number of hydrogen-bond donors (Lipinski definition) is 0. The molecule has 2 aromatic heterocycles. The van der Waals surface area contributed by atoms with Crippen molar-refractivity contribution in [3.05, 3.63) is 41.7 Å². The van der Waals surface area contributed by atoms with Gasteiger partial charge in [-0.15, -0.1) is 0 Å². The average Bonchev–Trinajstić information content (AvgIpc) is 3.20. The van der Waals surface area contributed by atoms with Crippen molar-refractivity contribution in [1.29, 1.82) is 0 Å². The van der Waals surface area contributed by atoms with Crippen LogP contribution in [0.15, 0.2) is 30.6 Å². The summed E-state index contributed by atoms with van der Waals surface area (Å²) in [6.07, 6.45) is 4.37. The molecule has 4 rings (SSSR count). The van der Waals surface area contributed by atoms with Gasteiger partial charge in [0.25, 0.3) is 5.91 Å². The molecular formula is C20H25N5OS. The molecule has 1 aromatic carbocycles. The van der Waals surface area contributed by atoms with E-state index in [1.165, 1.54) is 10.3 Å². The Morgan fingerprint density at radius 2 is 2.04 bits per heavy atom. The molecule has 3 heterocycles. The number of aromatic nitrogens is 3. The highest BCUT2D eigenvalue weighted by atomic mass is 32.1. The van der Waals surface area contributed by atoms with Crippen LogP contribution in [0.4, 0.5) is 5.13 Å². The zero-order valence-corrected chi connectivity index (χ0v) is 16.9. The average molecular weight is 384 g/mol. The lowest BCUT2D eigenvalue weighted by molar-refractivity contribution is 0.0767. The van der Waals surface area contributed by atoms with Gasteiger partial charge in [-0.05, 0) is 24.0 Å². The van der Waals surface area contributed by atoms with Gasteiger partial charge in [0, 0.05) is 39.4 Å². The molecule has 1 aliphatic heterocycles. The van der Waals surface area contributed by atoms with Gasteiger partial charge in [0.15, 0.2) is 5.13 Å². The number of benzene rings is 1. The molecular weight excluding hydrogens is 358 g/mol. The van der Waals surface area contributed by atoms with Crippen molar-refractivity contribution < 1.29 is 4.79 Å². The van der Waals surface area contributed by atoms with Crippen LogP contribution in [0.1, 0.15) is 42.1 Å². The zero-order valence-electron chi connectivity index (χ0n) is 16.1. The zero-order chi connectivity index (χ0) is 19.0. The summed E-state index contributed by atoms with van der Waals surface area (Å²) in [6, 6.07) is 6.45. The first-order valence-electron chi connectivity index (χ1n) is 9.45. The maximum Gasteiger partial charge on any atom is 0.257 e. The number of carbonyl (C=O) groups excluding carboxylic acids is 1. The summed E-state index contributed by atoms with van der Waals surface area (Å²) in [4.78, 5) is 21.9. The van der Waals surface area contributed by atoms with Crippen LogP contribution in [0, 0.1) is 0 Å². The van der Waals surface area contributed by atoms with Gasteiger partial charge in [0.1, 0.15) is 0 Å². The molecule has 1 saturated heterocycles. The van der Waals surface area contributed by atoms with Crippen molar-refractivity contribution in [1.82, 2.24) is 19.7 Å². The monoisotopic (exact) mass is 383 g/mol. The molecule has 0 atom stereocenters. The van der Waals surface area contributed by atoms with E-state index < -0.39 is 0 Å². The van der Waals surface area contributed by atoms with Crippen molar-refractivity contribution >= 4 is 32.6 Å². The number of aryl methyl sites for hydroxylation is 1. The number of nitrogens with zero attached hydrogens (tertiary/aromatic N) is 5. The number of para-hydroxylation sites is 1.